The minimum atomic E-state index is -0.674. The Morgan fingerprint density at radius 1 is 1.24 bits per heavy atom. The van der Waals surface area contributed by atoms with Gasteiger partial charge < -0.3 is 0 Å². The zero-order valence-corrected chi connectivity index (χ0v) is 9.98. The van der Waals surface area contributed by atoms with E-state index in [1.165, 1.54) is 17.4 Å². The molecule has 0 saturated heterocycles. The molecular weight excluding hydrogens is 242 g/mol. The number of hydrogen-bond donors (Lipinski definition) is 0. The second-order valence-corrected chi connectivity index (χ2v) is 5.03. The van der Waals surface area contributed by atoms with Crippen molar-refractivity contribution in [1.29, 1.82) is 0 Å². The molecule has 0 fully saturated rings. The number of thiophene rings is 1. The first-order chi connectivity index (χ1) is 8.06. The van der Waals surface area contributed by atoms with Crippen LogP contribution >= 0.6 is 11.3 Å². The van der Waals surface area contributed by atoms with E-state index < -0.39 is 11.6 Å². The normalized spacial score (nSPS) is 10.5. The van der Waals surface area contributed by atoms with Gasteiger partial charge in [-0.1, -0.05) is 6.07 Å². The van der Waals surface area contributed by atoms with Crippen molar-refractivity contribution in [2.45, 2.75) is 13.3 Å². The molecule has 4 heteroatoms. The molecule has 0 spiro atoms. The quantitative estimate of drug-likeness (QED) is 0.760. The second kappa shape index (κ2) is 4.75. The van der Waals surface area contributed by atoms with Crippen LogP contribution in [-0.2, 0) is 6.42 Å². The largest absolute Gasteiger partial charge is 0.293 e. The van der Waals surface area contributed by atoms with Gasteiger partial charge in [0.25, 0.3) is 0 Å². The van der Waals surface area contributed by atoms with Crippen molar-refractivity contribution in [3.63, 3.8) is 0 Å². The predicted molar refractivity (Wildman–Crippen MR) is 63.4 cm³/mol. The fourth-order valence-electron chi connectivity index (χ4n) is 1.51. The summed E-state index contributed by atoms with van der Waals surface area (Å²) in [5, 5.41) is 0. The van der Waals surface area contributed by atoms with Gasteiger partial charge in [0.05, 0.1) is 4.88 Å². The lowest BCUT2D eigenvalue weighted by molar-refractivity contribution is 0.0995. The molecule has 2 rings (SSSR count). The summed E-state index contributed by atoms with van der Waals surface area (Å²) in [7, 11) is 0. The summed E-state index contributed by atoms with van der Waals surface area (Å²) in [4.78, 5) is 13.5. The topological polar surface area (TPSA) is 17.1 Å². The molecule has 0 amide bonds. The highest BCUT2D eigenvalue weighted by Crippen LogP contribution is 2.19. The third-order valence-corrected chi connectivity index (χ3v) is 3.42. The Hall–Kier alpha value is -1.55. The molecule has 0 unspecified atom stereocenters. The molecule has 0 aliphatic heterocycles. The van der Waals surface area contributed by atoms with Gasteiger partial charge in [-0.25, -0.2) is 8.78 Å². The van der Waals surface area contributed by atoms with Crippen molar-refractivity contribution in [3.05, 3.63) is 57.3 Å². The molecule has 2 aromatic rings. The third kappa shape index (κ3) is 2.77. The van der Waals surface area contributed by atoms with Crippen molar-refractivity contribution in [2.24, 2.45) is 0 Å². The maximum Gasteiger partial charge on any atom is 0.177 e. The minimum Gasteiger partial charge on any atom is -0.293 e. The molecule has 0 aliphatic carbocycles. The highest BCUT2D eigenvalue weighted by atomic mass is 32.1. The van der Waals surface area contributed by atoms with Crippen LogP contribution in [0.4, 0.5) is 8.78 Å². The van der Waals surface area contributed by atoms with E-state index in [2.05, 4.69) is 0 Å². The van der Waals surface area contributed by atoms with Gasteiger partial charge >= 0.3 is 0 Å². The Morgan fingerprint density at radius 2 is 2.00 bits per heavy atom. The van der Waals surface area contributed by atoms with Crippen molar-refractivity contribution >= 4 is 17.1 Å². The average molecular weight is 252 g/mol. The molecule has 1 aromatic carbocycles. The van der Waals surface area contributed by atoms with Crippen LogP contribution in [-0.4, -0.2) is 5.78 Å². The van der Waals surface area contributed by atoms with Crippen molar-refractivity contribution in [3.8, 4) is 0 Å². The number of ketones is 1. The number of carbonyl (C=O) groups excluding carboxylic acids is 1. The Bertz CT molecular complexity index is 560. The van der Waals surface area contributed by atoms with Crippen LogP contribution in [0.2, 0.25) is 0 Å². The SMILES string of the molecule is Cc1ccc(C(=O)Cc2ccc(F)cc2F)s1. The molecule has 1 nitrogen and oxygen atoms in total. The van der Waals surface area contributed by atoms with E-state index >= 15 is 0 Å². The standard InChI is InChI=1S/C13H10F2OS/c1-8-2-5-13(17-8)12(16)6-9-3-4-10(14)7-11(9)15/h2-5,7H,6H2,1H3. The molecule has 0 atom stereocenters. The van der Waals surface area contributed by atoms with Gasteiger partial charge in [-0.05, 0) is 30.7 Å². The van der Waals surface area contributed by atoms with Crippen molar-refractivity contribution < 1.29 is 13.6 Å². The lowest BCUT2D eigenvalue weighted by Crippen LogP contribution is -2.03. The van der Waals surface area contributed by atoms with E-state index in [0.717, 1.165) is 17.0 Å². The number of halogens is 2. The van der Waals surface area contributed by atoms with Crippen LogP contribution in [0.15, 0.2) is 30.3 Å². The molecule has 17 heavy (non-hydrogen) atoms. The van der Waals surface area contributed by atoms with Gasteiger partial charge in [0, 0.05) is 17.4 Å². The van der Waals surface area contributed by atoms with Gasteiger partial charge in [-0.3, -0.25) is 4.79 Å². The summed E-state index contributed by atoms with van der Waals surface area (Å²) in [5.41, 5.74) is 0.224. The molecule has 1 aromatic heterocycles. The first kappa shape index (κ1) is 11.9. The zero-order valence-electron chi connectivity index (χ0n) is 9.17. The summed E-state index contributed by atoms with van der Waals surface area (Å²) in [6.45, 7) is 1.90. The lowest BCUT2D eigenvalue weighted by atomic mass is 10.1. The van der Waals surface area contributed by atoms with Gasteiger partial charge in [-0.15, -0.1) is 11.3 Å². The predicted octanol–water partition coefficient (Wildman–Crippen LogP) is 3.76. The van der Waals surface area contributed by atoms with E-state index in [4.69, 9.17) is 0 Å². The molecular formula is C13H10F2OS. The van der Waals surface area contributed by atoms with Crippen LogP contribution in [0.1, 0.15) is 20.1 Å². The first-order valence-corrected chi connectivity index (χ1v) is 5.91. The molecule has 0 N–H and O–H groups in total. The van der Waals surface area contributed by atoms with Crippen LogP contribution in [0, 0.1) is 18.6 Å². The number of rotatable bonds is 3. The Labute approximate surface area is 102 Å². The lowest BCUT2D eigenvalue weighted by Gasteiger charge is -2.01. The number of benzene rings is 1. The van der Waals surface area contributed by atoms with Gasteiger partial charge in [0.1, 0.15) is 11.6 Å². The maximum absolute atomic E-state index is 13.3. The molecule has 0 saturated carbocycles. The molecule has 88 valence electrons. The summed E-state index contributed by atoms with van der Waals surface area (Å²) in [6, 6.07) is 6.83. The Kier molecular flexibility index (Phi) is 3.33. The molecule has 1 heterocycles. The van der Waals surface area contributed by atoms with E-state index in [-0.39, 0.29) is 17.8 Å². The summed E-state index contributed by atoms with van der Waals surface area (Å²) in [5.74, 6) is -1.45. The monoisotopic (exact) mass is 252 g/mol. The fraction of sp³-hybridized carbons (Fsp3) is 0.154. The smallest absolute Gasteiger partial charge is 0.177 e. The van der Waals surface area contributed by atoms with Crippen LogP contribution in [0.25, 0.3) is 0 Å². The maximum atomic E-state index is 13.3. The minimum absolute atomic E-state index is 0.0356. The molecule has 0 bridgehead atoms. The van der Waals surface area contributed by atoms with E-state index in [1.54, 1.807) is 6.07 Å². The van der Waals surface area contributed by atoms with Crippen molar-refractivity contribution in [1.82, 2.24) is 0 Å². The number of hydrogen-bond acceptors (Lipinski definition) is 2. The second-order valence-electron chi connectivity index (χ2n) is 3.75. The van der Waals surface area contributed by atoms with E-state index in [0.29, 0.717) is 4.88 Å². The fourth-order valence-corrected chi connectivity index (χ4v) is 2.31. The average Bonchev–Trinajstić information content (AvgIpc) is 2.69. The highest BCUT2D eigenvalue weighted by molar-refractivity contribution is 7.14. The van der Waals surface area contributed by atoms with Crippen LogP contribution < -0.4 is 0 Å². The number of aryl methyl sites for hydroxylation is 1. The Balaban J connectivity index is 2.18. The van der Waals surface area contributed by atoms with Crippen LogP contribution in [0.5, 0.6) is 0 Å². The third-order valence-electron chi connectivity index (χ3n) is 2.38. The van der Waals surface area contributed by atoms with Gasteiger partial charge in [0.2, 0.25) is 0 Å². The number of Topliss-reactive ketones (excluding diaryl/α,β-unsaturated/α-hetero) is 1. The van der Waals surface area contributed by atoms with Crippen molar-refractivity contribution in [2.75, 3.05) is 0 Å². The molecule has 0 aliphatic rings. The highest BCUT2D eigenvalue weighted by Gasteiger charge is 2.12. The summed E-state index contributed by atoms with van der Waals surface area (Å²) >= 11 is 1.38. The number of carbonyl (C=O) groups is 1. The zero-order chi connectivity index (χ0) is 12.4. The first-order valence-electron chi connectivity index (χ1n) is 5.10. The van der Waals surface area contributed by atoms with Crippen LogP contribution in [0.3, 0.4) is 0 Å². The van der Waals surface area contributed by atoms with Gasteiger partial charge in [0.15, 0.2) is 5.78 Å². The van der Waals surface area contributed by atoms with E-state index in [9.17, 15) is 13.6 Å². The molecule has 0 radical (unpaired) electrons. The Morgan fingerprint density at radius 3 is 2.59 bits per heavy atom. The van der Waals surface area contributed by atoms with E-state index in [1.807, 2.05) is 13.0 Å². The summed E-state index contributed by atoms with van der Waals surface area (Å²) < 4.78 is 26.0. The summed E-state index contributed by atoms with van der Waals surface area (Å²) in [6.07, 6.45) is -0.0356. The van der Waals surface area contributed by atoms with Gasteiger partial charge in [-0.2, -0.15) is 0 Å².